The van der Waals surface area contributed by atoms with Gasteiger partial charge in [-0.05, 0) is 61.4 Å². The highest BCUT2D eigenvalue weighted by Crippen LogP contribution is 2.30. The average Bonchev–Trinajstić information content (AvgIpc) is 3.06. The van der Waals surface area contributed by atoms with E-state index in [1.807, 2.05) is 55.5 Å². The zero-order chi connectivity index (χ0) is 19.2. The number of hydrogen-bond acceptors (Lipinski definition) is 2. The maximum atomic E-state index is 12.7. The van der Waals surface area contributed by atoms with E-state index in [1.54, 1.807) is 7.11 Å². The predicted molar refractivity (Wildman–Crippen MR) is 110 cm³/mol. The number of hydrogen-bond donors (Lipinski definition) is 1. The van der Waals surface area contributed by atoms with Crippen LogP contribution in [0.1, 0.15) is 35.8 Å². The van der Waals surface area contributed by atoms with E-state index in [4.69, 9.17) is 4.74 Å². The molecule has 3 rings (SSSR count). The van der Waals surface area contributed by atoms with Crippen LogP contribution in [0.3, 0.4) is 0 Å². The Morgan fingerprint density at radius 3 is 2.41 bits per heavy atom. The summed E-state index contributed by atoms with van der Waals surface area (Å²) >= 11 is 0. The molecule has 3 aromatic rings. The van der Waals surface area contributed by atoms with Gasteiger partial charge in [-0.3, -0.25) is 4.79 Å². The lowest BCUT2D eigenvalue weighted by molar-refractivity contribution is 0.0952. The minimum atomic E-state index is -0.0228. The number of amides is 1. The first-order valence-electron chi connectivity index (χ1n) is 9.36. The van der Waals surface area contributed by atoms with Crippen LogP contribution in [0.25, 0.3) is 16.9 Å². The van der Waals surface area contributed by atoms with Gasteiger partial charge in [0.2, 0.25) is 0 Å². The second kappa shape index (κ2) is 8.58. The van der Waals surface area contributed by atoms with Crippen molar-refractivity contribution in [3.05, 3.63) is 71.9 Å². The molecule has 140 valence electrons. The fourth-order valence-corrected chi connectivity index (χ4v) is 3.19. The van der Waals surface area contributed by atoms with Gasteiger partial charge in [-0.1, -0.05) is 31.5 Å². The van der Waals surface area contributed by atoms with Crippen molar-refractivity contribution in [3.8, 4) is 22.7 Å². The molecule has 0 bridgehead atoms. The Hall–Kier alpha value is -3.01. The van der Waals surface area contributed by atoms with Crippen LogP contribution in [-0.2, 0) is 0 Å². The molecule has 1 N–H and O–H groups in total. The van der Waals surface area contributed by atoms with Crippen LogP contribution >= 0.6 is 0 Å². The van der Waals surface area contributed by atoms with Crippen molar-refractivity contribution in [3.63, 3.8) is 0 Å². The van der Waals surface area contributed by atoms with Crippen LogP contribution in [0.15, 0.2) is 60.7 Å². The first kappa shape index (κ1) is 18.8. The number of benzene rings is 2. The molecule has 1 amide bonds. The van der Waals surface area contributed by atoms with E-state index in [9.17, 15) is 4.79 Å². The summed E-state index contributed by atoms with van der Waals surface area (Å²) in [5, 5.41) is 3.03. The van der Waals surface area contributed by atoms with Crippen molar-refractivity contribution < 1.29 is 9.53 Å². The van der Waals surface area contributed by atoms with Crippen molar-refractivity contribution >= 4 is 5.91 Å². The highest BCUT2D eigenvalue weighted by Gasteiger charge is 2.19. The molecule has 0 radical (unpaired) electrons. The Morgan fingerprint density at radius 1 is 1.07 bits per heavy atom. The molecule has 4 nitrogen and oxygen atoms in total. The van der Waals surface area contributed by atoms with E-state index >= 15 is 0 Å². The number of carbonyl (C=O) groups is 1. The lowest BCUT2D eigenvalue weighted by Gasteiger charge is -2.12. The molecular formula is C23H26N2O2. The molecule has 0 saturated carbocycles. The molecular weight excluding hydrogens is 336 g/mol. The Morgan fingerprint density at radius 2 is 1.78 bits per heavy atom. The zero-order valence-corrected chi connectivity index (χ0v) is 16.2. The van der Waals surface area contributed by atoms with Crippen LogP contribution in [0.4, 0.5) is 0 Å². The number of unbranched alkanes of at least 4 members (excludes halogenated alkanes) is 1. The minimum absolute atomic E-state index is 0.0228. The number of aromatic nitrogens is 1. The van der Waals surface area contributed by atoms with E-state index in [0.717, 1.165) is 41.2 Å². The van der Waals surface area contributed by atoms with E-state index in [2.05, 4.69) is 28.9 Å². The van der Waals surface area contributed by atoms with Crippen LogP contribution in [-0.4, -0.2) is 24.1 Å². The smallest absolute Gasteiger partial charge is 0.253 e. The molecule has 4 heteroatoms. The lowest BCUT2D eigenvalue weighted by atomic mass is 10.1. The third-order valence-corrected chi connectivity index (χ3v) is 4.71. The average molecular weight is 362 g/mol. The van der Waals surface area contributed by atoms with Gasteiger partial charge in [0.25, 0.3) is 5.91 Å². The third kappa shape index (κ3) is 4.05. The predicted octanol–water partition coefficient (Wildman–Crippen LogP) is 4.99. The normalized spacial score (nSPS) is 10.6. The first-order chi connectivity index (χ1) is 13.2. The van der Waals surface area contributed by atoms with Gasteiger partial charge in [0.05, 0.1) is 18.4 Å². The Kier molecular flexibility index (Phi) is 5.97. The number of nitrogens with one attached hydrogen (secondary N) is 1. The molecule has 0 aliphatic heterocycles. The summed E-state index contributed by atoms with van der Waals surface area (Å²) in [7, 11) is 1.66. The van der Waals surface area contributed by atoms with Gasteiger partial charge in [-0.15, -0.1) is 0 Å². The topological polar surface area (TPSA) is 43.3 Å². The molecule has 0 spiro atoms. The van der Waals surface area contributed by atoms with Crippen molar-refractivity contribution in [1.82, 2.24) is 9.88 Å². The van der Waals surface area contributed by atoms with Gasteiger partial charge in [-0.25, -0.2) is 0 Å². The van der Waals surface area contributed by atoms with Crippen molar-refractivity contribution in [2.45, 2.75) is 26.7 Å². The number of ether oxygens (including phenoxy) is 1. The van der Waals surface area contributed by atoms with Crippen LogP contribution < -0.4 is 10.1 Å². The van der Waals surface area contributed by atoms with Gasteiger partial charge >= 0.3 is 0 Å². The second-order valence-electron chi connectivity index (χ2n) is 6.54. The van der Waals surface area contributed by atoms with E-state index in [1.165, 1.54) is 0 Å². The summed E-state index contributed by atoms with van der Waals surface area (Å²) in [5.41, 5.74) is 4.70. The number of rotatable bonds is 7. The molecule has 0 aliphatic rings. The third-order valence-electron chi connectivity index (χ3n) is 4.71. The van der Waals surface area contributed by atoms with E-state index in [0.29, 0.717) is 12.1 Å². The molecule has 0 saturated heterocycles. The fourth-order valence-electron chi connectivity index (χ4n) is 3.19. The summed E-state index contributed by atoms with van der Waals surface area (Å²) in [4.78, 5) is 12.7. The summed E-state index contributed by atoms with van der Waals surface area (Å²) in [6, 6.07) is 20.0. The second-order valence-corrected chi connectivity index (χ2v) is 6.54. The molecule has 2 aromatic carbocycles. The molecule has 0 unspecified atom stereocenters. The number of methoxy groups -OCH3 is 1. The summed E-state index contributed by atoms with van der Waals surface area (Å²) in [6.07, 6.45) is 2.04. The summed E-state index contributed by atoms with van der Waals surface area (Å²) in [5.74, 6) is 0.788. The number of carbonyl (C=O) groups excluding carboxylic acids is 1. The Bertz CT molecular complexity index is 896. The van der Waals surface area contributed by atoms with Crippen LogP contribution in [0.5, 0.6) is 5.75 Å². The Balaban J connectivity index is 2.07. The minimum Gasteiger partial charge on any atom is -0.497 e. The fraction of sp³-hybridized carbons (Fsp3) is 0.261. The standard InChI is InChI=1S/C23H26N2O2/c1-4-5-15-24-23(26)21-16-22(18-11-13-20(27-3)14-12-18)25(17(21)2)19-9-7-6-8-10-19/h6-14,16H,4-5,15H2,1-3H3,(H,24,26). The molecule has 1 heterocycles. The van der Waals surface area contributed by atoms with Crippen molar-refractivity contribution in [1.29, 1.82) is 0 Å². The maximum Gasteiger partial charge on any atom is 0.253 e. The van der Waals surface area contributed by atoms with Crippen molar-refractivity contribution in [2.24, 2.45) is 0 Å². The Labute approximate surface area is 160 Å². The summed E-state index contributed by atoms with van der Waals surface area (Å²) < 4.78 is 7.41. The molecule has 0 fully saturated rings. The van der Waals surface area contributed by atoms with Gasteiger partial charge in [0, 0.05) is 17.9 Å². The lowest BCUT2D eigenvalue weighted by Crippen LogP contribution is -2.24. The van der Waals surface area contributed by atoms with E-state index < -0.39 is 0 Å². The SMILES string of the molecule is CCCCNC(=O)c1cc(-c2ccc(OC)cc2)n(-c2ccccc2)c1C. The zero-order valence-electron chi connectivity index (χ0n) is 16.2. The van der Waals surface area contributed by atoms with Gasteiger partial charge in [0.15, 0.2) is 0 Å². The molecule has 27 heavy (non-hydrogen) atoms. The van der Waals surface area contributed by atoms with E-state index in [-0.39, 0.29) is 5.91 Å². The molecule has 1 aromatic heterocycles. The van der Waals surface area contributed by atoms with Gasteiger partial charge in [-0.2, -0.15) is 0 Å². The molecule has 0 aliphatic carbocycles. The number of nitrogens with zero attached hydrogens (tertiary/aromatic N) is 1. The molecule has 0 atom stereocenters. The summed E-state index contributed by atoms with van der Waals surface area (Å²) in [6.45, 7) is 4.81. The highest BCUT2D eigenvalue weighted by atomic mass is 16.5. The largest absolute Gasteiger partial charge is 0.497 e. The van der Waals surface area contributed by atoms with Gasteiger partial charge < -0.3 is 14.6 Å². The van der Waals surface area contributed by atoms with Gasteiger partial charge in [0.1, 0.15) is 5.75 Å². The van der Waals surface area contributed by atoms with Crippen LogP contribution in [0, 0.1) is 6.92 Å². The number of para-hydroxylation sites is 1. The van der Waals surface area contributed by atoms with Crippen LogP contribution in [0.2, 0.25) is 0 Å². The maximum absolute atomic E-state index is 12.7. The quantitative estimate of drug-likeness (QED) is 0.602. The first-order valence-corrected chi connectivity index (χ1v) is 9.36. The van der Waals surface area contributed by atoms with Crippen molar-refractivity contribution in [2.75, 3.05) is 13.7 Å². The highest BCUT2D eigenvalue weighted by molar-refractivity contribution is 5.97. The monoisotopic (exact) mass is 362 g/mol.